The van der Waals surface area contributed by atoms with Crippen LogP contribution in [0, 0.1) is 5.92 Å². The van der Waals surface area contributed by atoms with E-state index >= 15 is 0 Å². The number of fused-ring (bicyclic) bond motifs is 3. The summed E-state index contributed by atoms with van der Waals surface area (Å²) in [6.07, 6.45) is 2.40. The first-order valence-electron chi connectivity index (χ1n) is 9.25. The lowest BCUT2D eigenvalue weighted by atomic mass is 9.84. The van der Waals surface area contributed by atoms with E-state index < -0.39 is 0 Å². The number of anilines is 1. The van der Waals surface area contributed by atoms with E-state index in [2.05, 4.69) is 15.5 Å². The summed E-state index contributed by atoms with van der Waals surface area (Å²) in [4.78, 5) is 28.0. The number of hydrogen-bond donors (Lipinski definition) is 2. The van der Waals surface area contributed by atoms with E-state index in [1.807, 2.05) is 36.4 Å². The lowest BCUT2D eigenvalue weighted by Gasteiger charge is -2.44. The second kappa shape index (κ2) is 8.04. The van der Waals surface area contributed by atoms with Crippen molar-refractivity contribution in [2.24, 2.45) is 5.92 Å². The first kappa shape index (κ1) is 18.5. The van der Waals surface area contributed by atoms with Gasteiger partial charge in [0.15, 0.2) is 0 Å². The van der Waals surface area contributed by atoms with Crippen LogP contribution >= 0.6 is 23.1 Å². The van der Waals surface area contributed by atoms with E-state index in [1.54, 1.807) is 11.8 Å². The smallest absolute Gasteiger partial charge is 0.261 e. The van der Waals surface area contributed by atoms with Crippen molar-refractivity contribution < 1.29 is 9.59 Å². The predicted octanol–water partition coefficient (Wildman–Crippen LogP) is 3.68. The maximum absolute atomic E-state index is 12.6. The fourth-order valence-electron chi connectivity index (χ4n) is 3.79. The molecule has 4 heterocycles. The van der Waals surface area contributed by atoms with Gasteiger partial charge in [0.2, 0.25) is 5.91 Å². The largest absolute Gasteiger partial charge is 0.347 e. The van der Waals surface area contributed by atoms with Gasteiger partial charge >= 0.3 is 0 Å². The quantitative estimate of drug-likeness (QED) is 0.802. The lowest BCUT2D eigenvalue weighted by Crippen LogP contribution is -2.57. The molecule has 1 aromatic carbocycles. The van der Waals surface area contributed by atoms with Crippen molar-refractivity contribution in [3.05, 3.63) is 41.3 Å². The van der Waals surface area contributed by atoms with Gasteiger partial charge in [0.25, 0.3) is 5.91 Å². The van der Waals surface area contributed by atoms with E-state index in [-0.39, 0.29) is 11.8 Å². The van der Waals surface area contributed by atoms with Crippen LogP contribution in [0.3, 0.4) is 0 Å². The van der Waals surface area contributed by atoms with E-state index in [9.17, 15) is 9.59 Å². The van der Waals surface area contributed by atoms with Crippen LogP contribution in [-0.4, -0.2) is 42.4 Å². The Morgan fingerprint density at radius 2 is 1.85 bits per heavy atom. The van der Waals surface area contributed by atoms with Crippen LogP contribution in [-0.2, 0) is 4.79 Å². The van der Waals surface area contributed by atoms with Crippen LogP contribution in [0.1, 0.15) is 29.4 Å². The second-order valence-electron chi connectivity index (χ2n) is 7.14. The summed E-state index contributed by atoms with van der Waals surface area (Å²) in [6.45, 7) is 4.84. The Morgan fingerprint density at radius 3 is 2.48 bits per heavy atom. The Kier molecular flexibility index (Phi) is 5.52. The van der Waals surface area contributed by atoms with Crippen LogP contribution in [0.15, 0.2) is 45.5 Å². The Labute approximate surface area is 167 Å². The molecule has 7 heteroatoms. The molecule has 0 aliphatic carbocycles. The lowest BCUT2D eigenvalue weighted by molar-refractivity contribution is -0.114. The zero-order valence-electron chi connectivity index (χ0n) is 15.2. The maximum Gasteiger partial charge on any atom is 0.261 e. The number of benzene rings is 1. The van der Waals surface area contributed by atoms with Gasteiger partial charge in [-0.05, 0) is 68.2 Å². The molecule has 3 saturated heterocycles. The predicted molar refractivity (Wildman–Crippen MR) is 110 cm³/mol. The first-order valence-corrected chi connectivity index (χ1v) is 10.9. The molecule has 2 aromatic rings. The Bertz CT molecular complexity index is 826. The molecule has 2 amide bonds. The highest BCUT2D eigenvalue weighted by atomic mass is 32.2. The zero-order chi connectivity index (χ0) is 18.8. The zero-order valence-corrected chi connectivity index (χ0v) is 16.9. The van der Waals surface area contributed by atoms with E-state index in [0.29, 0.717) is 12.0 Å². The van der Waals surface area contributed by atoms with Gasteiger partial charge in [0.05, 0.1) is 9.09 Å². The van der Waals surface area contributed by atoms with Gasteiger partial charge in [-0.2, -0.15) is 0 Å². The third-order valence-electron chi connectivity index (χ3n) is 5.17. The summed E-state index contributed by atoms with van der Waals surface area (Å²) in [7, 11) is 0. The molecule has 3 aliphatic rings. The Balaban J connectivity index is 1.35. The van der Waals surface area contributed by atoms with Crippen LogP contribution in [0.4, 0.5) is 5.69 Å². The number of rotatable bonds is 5. The fourth-order valence-corrected chi connectivity index (χ4v) is 5.80. The normalized spacial score (nSPS) is 23.8. The summed E-state index contributed by atoms with van der Waals surface area (Å²) in [5, 5.41) is 6.01. The molecule has 2 N–H and O–H groups in total. The molecule has 1 aromatic heterocycles. The van der Waals surface area contributed by atoms with E-state index in [4.69, 9.17) is 0 Å². The molecule has 1 atom stereocenters. The monoisotopic (exact) mass is 401 g/mol. The van der Waals surface area contributed by atoms with Crippen molar-refractivity contribution in [3.8, 4) is 0 Å². The van der Waals surface area contributed by atoms with Crippen LogP contribution in [0.25, 0.3) is 0 Å². The molecule has 3 aliphatic heterocycles. The number of carbonyl (C=O) groups is 2. The average molecular weight is 402 g/mol. The molecule has 2 bridgehead atoms. The van der Waals surface area contributed by atoms with Crippen molar-refractivity contribution in [1.29, 1.82) is 0 Å². The second-order valence-corrected chi connectivity index (χ2v) is 9.60. The molecular formula is C20H23N3O2S2. The van der Waals surface area contributed by atoms with Crippen LogP contribution in [0.2, 0.25) is 0 Å². The molecule has 1 unspecified atom stereocenters. The molecule has 142 valence electrons. The molecule has 3 fully saturated rings. The third kappa shape index (κ3) is 4.54. The SMILES string of the molecule is CC(=O)Nc1ccc(Sc2ccc(C(=O)NC3CN4CCC3CC4)s2)cc1. The minimum Gasteiger partial charge on any atom is -0.347 e. The molecular weight excluding hydrogens is 378 g/mol. The topological polar surface area (TPSA) is 61.4 Å². The summed E-state index contributed by atoms with van der Waals surface area (Å²) in [5.41, 5.74) is 0.788. The third-order valence-corrected chi connectivity index (χ3v) is 7.39. The van der Waals surface area contributed by atoms with Crippen molar-refractivity contribution in [1.82, 2.24) is 10.2 Å². The summed E-state index contributed by atoms with van der Waals surface area (Å²) in [6, 6.07) is 11.9. The maximum atomic E-state index is 12.6. The van der Waals surface area contributed by atoms with Crippen molar-refractivity contribution in [2.75, 3.05) is 25.0 Å². The number of carbonyl (C=O) groups excluding carboxylic acids is 2. The van der Waals surface area contributed by atoms with Crippen molar-refractivity contribution in [3.63, 3.8) is 0 Å². The van der Waals surface area contributed by atoms with Crippen LogP contribution < -0.4 is 10.6 Å². The molecule has 0 saturated carbocycles. The number of amides is 2. The van der Waals surface area contributed by atoms with Crippen LogP contribution in [0.5, 0.6) is 0 Å². The first-order chi connectivity index (χ1) is 13.1. The number of hydrogen-bond acceptors (Lipinski definition) is 5. The van der Waals surface area contributed by atoms with E-state index in [1.165, 1.54) is 44.2 Å². The molecule has 27 heavy (non-hydrogen) atoms. The number of thiophene rings is 1. The summed E-state index contributed by atoms with van der Waals surface area (Å²) < 4.78 is 1.08. The van der Waals surface area contributed by atoms with Crippen molar-refractivity contribution >= 4 is 40.6 Å². The molecule has 5 nitrogen and oxygen atoms in total. The van der Waals surface area contributed by atoms with Gasteiger partial charge in [-0.25, -0.2) is 0 Å². The number of piperidine rings is 3. The molecule has 0 spiro atoms. The van der Waals surface area contributed by atoms with E-state index in [0.717, 1.165) is 26.2 Å². The van der Waals surface area contributed by atoms with Gasteiger partial charge in [-0.1, -0.05) is 11.8 Å². The Morgan fingerprint density at radius 1 is 1.11 bits per heavy atom. The fraction of sp³-hybridized carbons (Fsp3) is 0.400. The van der Waals surface area contributed by atoms with Gasteiger partial charge in [0.1, 0.15) is 0 Å². The van der Waals surface area contributed by atoms with Crippen molar-refractivity contribution in [2.45, 2.75) is 34.9 Å². The standard InChI is InChI=1S/C20H23N3O2S2/c1-13(24)21-15-2-4-16(5-3-15)26-19-7-6-18(27-19)20(25)22-17-12-23-10-8-14(17)9-11-23/h2-7,14,17H,8-12H2,1H3,(H,21,24)(H,22,25). The number of nitrogens with one attached hydrogen (secondary N) is 2. The van der Waals surface area contributed by atoms with Gasteiger partial charge in [-0.15, -0.1) is 11.3 Å². The van der Waals surface area contributed by atoms with Gasteiger partial charge in [0, 0.05) is 30.1 Å². The van der Waals surface area contributed by atoms with Gasteiger partial charge < -0.3 is 15.5 Å². The summed E-state index contributed by atoms with van der Waals surface area (Å²) in [5.74, 6) is 0.605. The minimum absolute atomic E-state index is 0.0478. The number of nitrogens with zero attached hydrogens (tertiary/aromatic N) is 1. The highest BCUT2D eigenvalue weighted by Gasteiger charge is 2.35. The highest BCUT2D eigenvalue weighted by molar-refractivity contribution is 8.01. The Hall–Kier alpha value is -1.83. The minimum atomic E-state index is -0.0766. The van der Waals surface area contributed by atoms with Gasteiger partial charge in [-0.3, -0.25) is 9.59 Å². The average Bonchev–Trinajstić information content (AvgIpc) is 3.13. The summed E-state index contributed by atoms with van der Waals surface area (Å²) >= 11 is 3.16. The molecule has 5 rings (SSSR count). The highest BCUT2D eigenvalue weighted by Crippen LogP contribution is 2.34. The molecule has 0 radical (unpaired) electrons.